The number of hydrogen-bond acceptors (Lipinski definition) is 4. The molecule has 2 heterocycles. The maximum Gasteiger partial charge on any atom is 0.264 e. The van der Waals surface area contributed by atoms with Crippen molar-refractivity contribution in [1.29, 1.82) is 0 Å². The molecule has 1 aliphatic rings. The van der Waals surface area contributed by atoms with Gasteiger partial charge < -0.3 is 15.6 Å². The third-order valence-corrected chi connectivity index (χ3v) is 4.90. The third kappa shape index (κ3) is 3.42. The number of H-pyrrole nitrogens is 1. The lowest BCUT2D eigenvalue weighted by Gasteiger charge is -2.20. The number of aromatic nitrogens is 2. The highest BCUT2D eigenvalue weighted by Crippen LogP contribution is 2.27. The molecule has 0 unspecified atom stereocenters. The number of nitrogens with zero attached hydrogens (tertiary/aromatic N) is 2. The van der Waals surface area contributed by atoms with Crippen molar-refractivity contribution in [2.45, 2.75) is 45.1 Å². The monoisotopic (exact) mass is 354 g/mol. The predicted molar refractivity (Wildman–Crippen MR) is 101 cm³/mol. The van der Waals surface area contributed by atoms with E-state index in [2.05, 4.69) is 9.97 Å². The molecule has 2 atom stereocenters. The molecule has 0 spiro atoms. The van der Waals surface area contributed by atoms with Gasteiger partial charge in [-0.1, -0.05) is 51.1 Å². The van der Waals surface area contributed by atoms with Crippen LogP contribution in [0.1, 0.15) is 54.1 Å². The Morgan fingerprint density at radius 2 is 1.88 bits per heavy atom. The summed E-state index contributed by atoms with van der Waals surface area (Å²) in [6.45, 7) is 8.55. The lowest BCUT2D eigenvalue weighted by Crippen LogP contribution is -2.37. The first kappa shape index (κ1) is 18.3. The molecule has 0 radical (unpaired) electrons. The molecule has 6 nitrogen and oxygen atoms in total. The topological polar surface area (TPSA) is 92.1 Å². The van der Waals surface area contributed by atoms with Crippen molar-refractivity contribution >= 4 is 5.91 Å². The molecule has 1 aliphatic heterocycles. The molecule has 2 aromatic rings. The Kier molecular flexibility index (Phi) is 4.71. The first-order valence-electron chi connectivity index (χ1n) is 8.89. The van der Waals surface area contributed by atoms with Gasteiger partial charge in [-0.25, -0.2) is 4.98 Å². The molecule has 3 rings (SSSR count). The van der Waals surface area contributed by atoms with Gasteiger partial charge in [0, 0.05) is 30.5 Å². The summed E-state index contributed by atoms with van der Waals surface area (Å²) in [6.07, 6.45) is 0. The number of likely N-dealkylation sites (tertiary alicyclic amines) is 1. The van der Waals surface area contributed by atoms with Crippen LogP contribution in [-0.4, -0.2) is 39.9 Å². The number of hydrogen-bond donors (Lipinski definition) is 2. The van der Waals surface area contributed by atoms with Crippen molar-refractivity contribution < 1.29 is 4.79 Å². The quantitative estimate of drug-likeness (QED) is 0.862. The number of amides is 1. The summed E-state index contributed by atoms with van der Waals surface area (Å²) < 4.78 is 0. The highest BCUT2D eigenvalue weighted by molar-refractivity contribution is 5.95. The van der Waals surface area contributed by atoms with Crippen molar-refractivity contribution in [3.8, 4) is 0 Å². The van der Waals surface area contributed by atoms with Gasteiger partial charge in [-0.2, -0.15) is 0 Å². The van der Waals surface area contributed by atoms with Crippen LogP contribution in [0.15, 0.2) is 35.1 Å². The van der Waals surface area contributed by atoms with Crippen LogP contribution >= 0.6 is 0 Å². The summed E-state index contributed by atoms with van der Waals surface area (Å²) in [5.74, 6) is 0.351. The molecule has 3 N–H and O–H groups in total. The van der Waals surface area contributed by atoms with Crippen molar-refractivity contribution in [2.24, 2.45) is 5.73 Å². The Hall–Kier alpha value is -2.47. The van der Waals surface area contributed by atoms with Gasteiger partial charge in [-0.3, -0.25) is 9.59 Å². The van der Waals surface area contributed by atoms with Gasteiger partial charge in [-0.15, -0.1) is 0 Å². The highest BCUT2D eigenvalue weighted by Gasteiger charge is 2.36. The minimum absolute atomic E-state index is 0.0707. The summed E-state index contributed by atoms with van der Waals surface area (Å²) in [5.41, 5.74) is 7.28. The Balaban J connectivity index is 1.88. The Labute approximate surface area is 153 Å². The molecule has 26 heavy (non-hydrogen) atoms. The number of carbonyl (C=O) groups is 1. The van der Waals surface area contributed by atoms with Gasteiger partial charge >= 0.3 is 0 Å². The highest BCUT2D eigenvalue weighted by atomic mass is 16.2. The van der Waals surface area contributed by atoms with Crippen LogP contribution in [0.25, 0.3) is 0 Å². The number of carbonyl (C=O) groups excluding carboxylic acids is 1. The fourth-order valence-electron chi connectivity index (χ4n) is 3.40. The average molecular weight is 354 g/mol. The van der Waals surface area contributed by atoms with E-state index in [9.17, 15) is 9.59 Å². The van der Waals surface area contributed by atoms with Crippen molar-refractivity contribution in [3.63, 3.8) is 0 Å². The standard InChI is InChI=1S/C20H26N4O2/c1-12-16(17(25)23-19(22-12)20(2,3)4)18(26)24-10-14(15(21)11-24)13-8-6-5-7-9-13/h5-9,14-15H,10-11,21H2,1-4H3,(H,22,23,25)/t14-,15+/m0/s1. The molecular weight excluding hydrogens is 328 g/mol. The van der Waals surface area contributed by atoms with Gasteiger partial charge in [0.25, 0.3) is 11.5 Å². The van der Waals surface area contributed by atoms with Gasteiger partial charge in [0.15, 0.2) is 0 Å². The van der Waals surface area contributed by atoms with E-state index in [4.69, 9.17) is 5.73 Å². The van der Waals surface area contributed by atoms with Crippen LogP contribution in [0.3, 0.4) is 0 Å². The summed E-state index contributed by atoms with van der Waals surface area (Å²) >= 11 is 0. The lowest BCUT2D eigenvalue weighted by atomic mass is 9.95. The average Bonchev–Trinajstić information content (AvgIpc) is 2.96. The number of nitrogens with one attached hydrogen (secondary N) is 1. The number of nitrogens with two attached hydrogens (primary N) is 1. The van der Waals surface area contributed by atoms with E-state index in [0.717, 1.165) is 5.56 Å². The first-order chi connectivity index (χ1) is 12.2. The molecule has 1 amide bonds. The van der Waals surface area contributed by atoms with Crippen LogP contribution in [0.2, 0.25) is 0 Å². The Morgan fingerprint density at radius 1 is 1.23 bits per heavy atom. The Bertz CT molecular complexity index is 868. The molecule has 1 aromatic heterocycles. The molecule has 0 aliphatic carbocycles. The minimum atomic E-state index is -0.385. The van der Waals surface area contributed by atoms with E-state index < -0.39 is 0 Å². The van der Waals surface area contributed by atoms with Crippen LogP contribution in [0, 0.1) is 6.92 Å². The zero-order valence-electron chi connectivity index (χ0n) is 15.7. The van der Waals surface area contributed by atoms with Crippen LogP contribution < -0.4 is 11.3 Å². The maximum atomic E-state index is 13.0. The second-order valence-electron chi connectivity index (χ2n) is 8.02. The van der Waals surface area contributed by atoms with Gasteiger partial charge in [0.2, 0.25) is 0 Å². The summed E-state index contributed by atoms with van der Waals surface area (Å²) in [4.78, 5) is 34.4. The van der Waals surface area contributed by atoms with Gasteiger partial charge in [0.1, 0.15) is 11.4 Å². The zero-order chi connectivity index (χ0) is 19.1. The normalized spacial score (nSPS) is 20.4. The largest absolute Gasteiger partial charge is 0.336 e. The molecule has 1 aromatic carbocycles. The molecule has 1 fully saturated rings. The van der Waals surface area contributed by atoms with E-state index in [-0.39, 0.29) is 34.4 Å². The number of aryl methyl sites for hydroxylation is 1. The molecule has 0 bridgehead atoms. The summed E-state index contributed by atoms with van der Waals surface area (Å²) in [6, 6.07) is 9.79. The molecule has 138 valence electrons. The maximum absolute atomic E-state index is 13.0. The number of benzene rings is 1. The SMILES string of the molecule is Cc1nc(C(C)(C)C)[nH]c(=O)c1C(=O)N1C[C@@H](N)[C@H](c2ccccc2)C1. The van der Waals surface area contributed by atoms with Crippen molar-refractivity contribution in [1.82, 2.24) is 14.9 Å². The molecule has 1 saturated heterocycles. The van der Waals surface area contributed by atoms with Crippen molar-refractivity contribution in [3.05, 3.63) is 63.3 Å². The van der Waals surface area contributed by atoms with E-state index >= 15 is 0 Å². The van der Waals surface area contributed by atoms with Gasteiger partial charge in [0.05, 0.1) is 5.69 Å². The second-order valence-corrected chi connectivity index (χ2v) is 8.02. The smallest absolute Gasteiger partial charge is 0.264 e. The summed E-state index contributed by atoms with van der Waals surface area (Å²) in [5, 5.41) is 0. The summed E-state index contributed by atoms with van der Waals surface area (Å²) in [7, 11) is 0. The van der Waals surface area contributed by atoms with Crippen LogP contribution in [-0.2, 0) is 5.41 Å². The fraction of sp³-hybridized carbons (Fsp3) is 0.450. The van der Waals surface area contributed by atoms with Crippen molar-refractivity contribution in [2.75, 3.05) is 13.1 Å². The van der Waals surface area contributed by atoms with Crippen LogP contribution in [0.5, 0.6) is 0 Å². The van der Waals surface area contributed by atoms with E-state index in [0.29, 0.717) is 24.6 Å². The molecular formula is C20H26N4O2. The third-order valence-electron chi connectivity index (χ3n) is 4.90. The predicted octanol–water partition coefficient (Wildman–Crippen LogP) is 1.94. The number of aromatic amines is 1. The first-order valence-corrected chi connectivity index (χ1v) is 8.89. The number of rotatable bonds is 2. The van der Waals surface area contributed by atoms with E-state index in [1.54, 1.807) is 11.8 Å². The Morgan fingerprint density at radius 3 is 2.46 bits per heavy atom. The second kappa shape index (κ2) is 6.68. The van der Waals surface area contributed by atoms with Gasteiger partial charge in [-0.05, 0) is 12.5 Å². The van der Waals surface area contributed by atoms with E-state index in [1.165, 1.54) is 0 Å². The van der Waals surface area contributed by atoms with E-state index in [1.807, 2.05) is 51.1 Å². The fourth-order valence-corrected chi connectivity index (χ4v) is 3.40. The van der Waals surface area contributed by atoms with Crippen LogP contribution in [0.4, 0.5) is 0 Å². The zero-order valence-corrected chi connectivity index (χ0v) is 15.7. The molecule has 0 saturated carbocycles. The molecule has 6 heteroatoms. The lowest BCUT2D eigenvalue weighted by molar-refractivity contribution is 0.0786. The minimum Gasteiger partial charge on any atom is -0.336 e.